The first-order valence-electron chi connectivity index (χ1n) is 2.44. The molecule has 1 heterocycles. The minimum absolute atomic E-state index is 0.245. The van der Waals surface area contributed by atoms with E-state index in [2.05, 4.69) is 4.98 Å². The molecule has 0 radical (unpaired) electrons. The van der Waals surface area contributed by atoms with Gasteiger partial charge in [-0.25, -0.2) is 4.98 Å². The molecule has 0 fully saturated rings. The smallest absolute Gasteiger partial charge is 0.214 e. The summed E-state index contributed by atoms with van der Waals surface area (Å²) in [5.74, 6) is -0.245. The van der Waals surface area contributed by atoms with Crippen molar-refractivity contribution in [3.63, 3.8) is 0 Å². The third kappa shape index (κ3) is 1.53. The number of nitrogens with zero attached hydrogens (tertiary/aromatic N) is 1. The van der Waals surface area contributed by atoms with Crippen molar-refractivity contribution < 1.29 is 5.11 Å². The Balaban J connectivity index is 3.37. The summed E-state index contributed by atoms with van der Waals surface area (Å²) in [6.07, 6.45) is 1.36. The van der Waals surface area contributed by atoms with Crippen molar-refractivity contribution >= 4 is 0 Å². The molecule has 0 atom stereocenters. The van der Waals surface area contributed by atoms with E-state index in [1.165, 1.54) is 18.3 Å². The number of rotatable bonds is 0. The van der Waals surface area contributed by atoms with Crippen LogP contribution in [0.2, 0.25) is 0 Å². The number of hydrogen-bond acceptors (Lipinski definition) is 3. The second-order valence-electron chi connectivity index (χ2n) is 1.54. The Kier molecular flexibility index (Phi) is 1.44. The fourth-order valence-electron chi connectivity index (χ4n) is 0.470. The Bertz CT molecular complexity index is 259. The molecule has 1 aromatic rings. The summed E-state index contributed by atoms with van der Waals surface area (Å²) in [5, 5.41) is 8.66. The van der Waals surface area contributed by atoms with Gasteiger partial charge in [0.05, 0.1) is 0 Å². The average molecular weight is 123 g/mol. The second kappa shape index (κ2) is 2.26. The number of aromatic nitrogens is 1. The molecule has 0 aromatic carbocycles. The molecule has 0 aliphatic carbocycles. The molecular weight excluding hydrogens is 118 g/mol. The predicted molar refractivity (Wildman–Crippen MR) is 32.2 cm³/mol. The Morgan fingerprint density at radius 3 is 3.11 bits per heavy atom. The van der Waals surface area contributed by atoms with Gasteiger partial charge in [-0.05, 0) is 12.1 Å². The molecule has 3 heteroatoms. The fraction of sp³-hybridized carbons (Fsp3) is 0. The van der Waals surface area contributed by atoms with Gasteiger partial charge in [0.1, 0.15) is 0 Å². The molecule has 1 N–H and O–H groups in total. The number of aromatic hydroxyl groups is 1. The first kappa shape index (κ1) is 5.75. The lowest BCUT2D eigenvalue weighted by molar-refractivity contribution is 0.454. The Morgan fingerprint density at radius 2 is 2.33 bits per heavy atom. The monoisotopic (exact) mass is 123 g/mol. The van der Waals surface area contributed by atoms with Crippen LogP contribution < -0.4 is 5.43 Å². The molecular formula is C6H5NO2. The van der Waals surface area contributed by atoms with Crippen LogP contribution in [0.15, 0.2) is 29.2 Å². The van der Waals surface area contributed by atoms with Gasteiger partial charge in [-0.1, -0.05) is 0 Å². The molecule has 1 aromatic heterocycles. The minimum Gasteiger partial charge on any atom is -0.493 e. The van der Waals surface area contributed by atoms with Gasteiger partial charge in [-0.15, -0.1) is 0 Å². The van der Waals surface area contributed by atoms with Crippen LogP contribution in [-0.2, 0) is 0 Å². The second-order valence-corrected chi connectivity index (χ2v) is 1.54. The molecule has 0 aliphatic rings. The lowest BCUT2D eigenvalue weighted by Crippen LogP contribution is -1.88. The molecule has 0 aliphatic heterocycles. The molecule has 0 bridgehead atoms. The zero-order valence-corrected chi connectivity index (χ0v) is 4.61. The summed E-state index contributed by atoms with van der Waals surface area (Å²) in [6.45, 7) is 0. The summed E-state index contributed by atoms with van der Waals surface area (Å²) < 4.78 is 0. The lowest BCUT2D eigenvalue weighted by atomic mass is 10.5. The van der Waals surface area contributed by atoms with Gasteiger partial charge in [0.2, 0.25) is 5.88 Å². The van der Waals surface area contributed by atoms with E-state index in [-0.39, 0.29) is 11.3 Å². The molecule has 46 valence electrons. The molecule has 0 unspecified atom stereocenters. The van der Waals surface area contributed by atoms with Gasteiger partial charge in [-0.2, -0.15) is 0 Å². The Labute approximate surface area is 51.6 Å². The van der Waals surface area contributed by atoms with E-state index in [1.807, 2.05) is 0 Å². The van der Waals surface area contributed by atoms with Crippen molar-refractivity contribution in [2.75, 3.05) is 0 Å². The average Bonchev–Trinajstić information content (AvgIpc) is 1.93. The third-order valence-corrected chi connectivity index (χ3v) is 0.825. The van der Waals surface area contributed by atoms with E-state index >= 15 is 0 Å². The first-order valence-corrected chi connectivity index (χ1v) is 2.44. The quantitative estimate of drug-likeness (QED) is 0.534. The van der Waals surface area contributed by atoms with E-state index in [0.717, 1.165) is 6.07 Å². The van der Waals surface area contributed by atoms with Crippen LogP contribution in [-0.4, -0.2) is 10.1 Å². The van der Waals surface area contributed by atoms with Crippen LogP contribution in [0.25, 0.3) is 0 Å². The summed E-state index contributed by atoms with van der Waals surface area (Å²) in [6, 6.07) is 3.86. The fourth-order valence-corrected chi connectivity index (χ4v) is 0.470. The SMILES string of the molecule is O=c1cccnc(O)c1. The predicted octanol–water partition coefficient (Wildman–Crippen LogP) is 0.147. The van der Waals surface area contributed by atoms with E-state index in [4.69, 9.17) is 5.11 Å². The van der Waals surface area contributed by atoms with Crippen LogP contribution in [0.5, 0.6) is 5.88 Å². The van der Waals surface area contributed by atoms with Crippen molar-refractivity contribution in [2.45, 2.75) is 0 Å². The first-order chi connectivity index (χ1) is 4.29. The van der Waals surface area contributed by atoms with Crippen LogP contribution in [0, 0.1) is 0 Å². The van der Waals surface area contributed by atoms with Crippen LogP contribution >= 0.6 is 0 Å². The summed E-state index contributed by atoms with van der Waals surface area (Å²) in [4.78, 5) is 13.9. The van der Waals surface area contributed by atoms with Gasteiger partial charge in [0.15, 0.2) is 5.43 Å². The van der Waals surface area contributed by atoms with Gasteiger partial charge in [0, 0.05) is 12.3 Å². The van der Waals surface area contributed by atoms with E-state index in [1.54, 1.807) is 0 Å². The summed E-state index contributed by atoms with van der Waals surface area (Å²) in [7, 11) is 0. The van der Waals surface area contributed by atoms with Crippen molar-refractivity contribution in [1.29, 1.82) is 0 Å². The molecule has 9 heavy (non-hydrogen) atoms. The minimum atomic E-state index is -0.245. The third-order valence-electron chi connectivity index (χ3n) is 0.825. The summed E-state index contributed by atoms with van der Waals surface area (Å²) in [5.41, 5.74) is -0.245. The molecule has 0 saturated carbocycles. The summed E-state index contributed by atoms with van der Waals surface area (Å²) >= 11 is 0. The standard InChI is InChI=1S/C6H5NO2/c8-5-2-1-3-7-6(9)4-5/h1-4,9H. The van der Waals surface area contributed by atoms with Crippen molar-refractivity contribution in [1.82, 2.24) is 4.98 Å². The largest absolute Gasteiger partial charge is 0.493 e. The molecule has 1 rings (SSSR count). The molecule has 0 spiro atoms. The molecule has 3 nitrogen and oxygen atoms in total. The zero-order chi connectivity index (χ0) is 6.69. The van der Waals surface area contributed by atoms with Gasteiger partial charge in [-0.3, -0.25) is 4.79 Å². The maximum atomic E-state index is 10.5. The lowest BCUT2D eigenvalue weighted by Gasteiger charge is -1.74. The van der Waals surface area contributed by atoms with Gasteiger partial charge < -0.3 is 5.11 Å². The van der Waals surface area contributed by atoms with Gasteiger partial charge >= 0.3 is 0 Å². The van der Waals surface area contributed by atoms with Crippen molar-refractivity contribution in [2.24, 2.45) is 0 Å². The van der Waals surface area contributed by atoms with Crippen LogP contribution in [0.3, 0.4) is 0 Å². The van der Waals surface area contributed by atoms with E-state index < -0.39 is 0 Å². The highest BCUT2D eigenvalue weighted by atomic mass is 16.3. The van der Waals surface area contributed by atoms with Crippen molar-refractivity contribution in [3.05, 3.63) is 34.6 Å². The normalized spacial score (nSPS) is 8.89. The highest BCUT2D eigenvalue weighted by Gasteiger charge is 1.82. The maximum Gasteiger partial charge on any atom is 0.214 e. The van der Waals surface area contributed by atoms with E-state index in [0.29, 0.717) is 0 Å². The van der Waals surface area contributed by atoms with Crippen LogP contribution in [0.1, 0.15) is 0 Å². The molecule has 0 saturated heterocycles. The highest BCUT2D eigenvalue weighted by Crippen LogP contribution is 1.91. The maximum absolute atomic E-state index is 10.5. The zero-order valence-electron chi connectivity index (χ0n) is 4.61. The Hall–Kier alpha value is -1.38. The number of hydrogen-bond donors (Lipinski definition) is 1. The topological polar surface area (TPSA) is 50.2 Å². The van der Waals surface area contributed by atoms with Crippen molar-refractivity contribution in [3.8, 4) is 5.88 Å². The Morgan fingerprint density at radius 1 is 1.56 bits per heavy atom. The van der Waals surface area contributed by atoms with Gasteiger partial charge in [0.25, 0.3) is 0 Å². The van der Waals surface area contributed by atoms with Crippen LogP contribution in [0.4, 0.5) is 0 Å². The van der Waals surface area contributed by atoms with E-state index in [9.17, 15) is 4.79 Å². The molecule has 0 amide bonds. The highest BCUT2D eigenvalue weighted by molar-refractivity contribution is 5.06.